The summed E-state index contributed by atoms with van der Waals surface area (Å²) in [7, 11) is -3.34. The zero-order valence-corrected chi connectivity index (χ0v) is 20.1. The molecule has 3 N–H and O–H groups in total. The van der Waals surface area contributed by atoms with E-state index in [0.717, 1.165) is 38.0 Å². The van der Waals surface area contributed by atoms with E-state index >= 15 is 0 Å². The smallest absolute Gasteiger partial charge is 0.213 e. The van der Waals surface area contributed by atoms with Crippen molar-refractivity contribution in [1.29, 1.82) is 0 Å². The molecular weight excluding hydrogens is 491 g/mol. The lowest BCUT2D eigenvalue weighted by Crippen LogP contribution is -2.41. The maximum absolute atomic E-state index is 12.1. The minimum atomic E-state index is -3.34. The Morgan fingerprint density at radius 1 is 1.07 bits per heavy atom. The molecule has 0 unspecified atom stereocenters. The minimum Gasteiger partial charge on any atom is -0.381 e. The first-order valence-electron chi connectivity index (χ1n) is 9.68. The zero-order chi connectivity index (χ0) is 19.8. The van der Waals surface area contributed by atoms with Crippen molar-refractivity contribution in [3.63, 3.8) is 0 Å². The van der Waals surface area contributed by atoms with Crippen molar-refractivity contribution in [1.82, 2.24) is 15.4 Å². The fourth-order valence-electron chi connectivity index (χ4n) is 2.21. The Morgan fingerprint density at radius 2 is 1.79 bits per heavy atom. The van der Waals surface area contributed by atoms with Crippen molar-refractivity contribution in [2.45, 2.75) is 39.7 Å². The van der Waals surface area contributed by atoms with Gasteiger partial charge in [-0.2, -0.15) is 0 Å². The molecule has 1 aromatic carbocycles. The largest absolute Gasteiger partial charge is 0.381 e. The molecular formula is C19H35IN4O3S. The fraction of sp³-hybridized carbons (Fsp3) is 0.632. The fourth-order valence-corrected chi connectivity index (χ4v) is 3.11. The Balaban J connectivity index is 0.00000729. The molecule has 0 atom stereocenters. The average Bonchev–Trinajstić information content (AvgIpc) is 2.66. The monoisotopic (exact) mass is 526 g/mol. The highest BCUT2D eigenvalue weighted by Crippen LogP contribution is 1.98. The van der Waals surface area contributed by atoms with Gasteiger partial charge in [0.05, 0.1) is 5.75 Å². The van der Waals surface area contributed by atoms with E-state index in [9.17, 15) is 8.42 Å². The number of unbranched alkanes of at least 4 members (excludes halogenated alkanes) is 1. The van der Waals surface area contributed by atoms with Crippen LogP contribution >= 0.6 is 24.0 Å². The Labute approximate surface area is 187 Å². The standard InChI is InChI=1S/C19H34N4O3S.HI/c1-3-5-14-26-15-9-12-21-19(20-4-2)22-13-16-27(24,25)23-17-18-10-7-6-8-11-18;/h6-8,10-11,23H,3-5,9,12-17H2,1-2H3,(H2,20,21,22);1H. The number of guanidine groups is 1. The highest BCUT2D eigenvalue weighted by molar-refractivity contribution is 14.0. The zero-order valence-electron chi connectivity index (χ0n) is 16.9. The van der Waals surface area contributed by atoms with Crippen LogP contribution < -0.4 is 15.4 Å². The molecule has 1 aromatic rings. The van der Waals surface area contributed by atoms with Crippen LogP contribution in [-0.4, -0.2) is 53.0 Å². The molecule has 0 saturated heterocycles. The number of hydrogen-bond donors (Lipinski definition) is 3. The lowest BCUT2D eigenvalue weighted by Gasteiger charge is -2.12. The van der Waals surface area contributed by atoms with Crippen LogP contribution in [0.1, 0.15) is 38.7 Å². The molecule has 0 amide bonds. The van der Waals surface area contributed by atoms with Crippen molar-refractivity contribution in [3.05, 3.63) is 35.9 Å². The summed E-state index contributed by atoms with van der Waals surface area (Å²) in [6.07, 6.45) is 3.06. The first-order valence-corrected chi connectivity index (χ1v) is 11.3. The molecule has 0 aliphatic rings. The topological polar surface area (TPSA) is 91.8 Å². The summed E-state index contributed by atoms with van der Waals surface area (Å²) in [5, 5.41) is 6.19. The van der Waals surface area contributed by atoms with Gasteiger partial charge in [-0.25, -0.2) is 13.1 Å². The third kappa shape index (κ3) is 14.1. The number of ether oxygens (including phenoxy) is 1. The summed E-state index contributed by atoms with van der Waals surface area (Å²) in [4.78, 5) is 4.44. The van der Waals surface area contributed by atoms with Crippen LogP contribution in [0.2, 0.25) is 0 Å². The van der Waals surface area contributed by atoms with Crippen LogP contribution in [0.25, 0.3) is 0 Å². The molecule has 0 spiro atoms. The van der Waals surface area contributed by atoms with Crippen molar-refractivity contribution in [2.75, 3.05) is 38.6 Å². The van der Waals surface area contributed by atoms with Gasteiger partial charge in [0.15, 0.2) is 5.96 Å². The van der Waals surface area contributed by atoms with E-state index in [1.807, 2.05) is 37.3 Å². The van der Waals surface area contributed by atoms with Crippen LogP contribution in [0, 0.1) is 0 Å². The molecule has 0 saturated carbocycles. The maximum atomic E-state index is 12.1. The second-order valence-electron chi connectivity index (χ2n) is 6.13. The summed E-state index contributed by atoms with van der Waals surface area (Å²) in [5.74, 6) is 0.619. The number of aliphatic imine (C=N–C) groups is 1. The second kappa shape index (κ2) is 17.0. The van der Waals surface area contributed by atoms with Gasteiger partial charge in [-0.3, -0.25) is 4.99 Å². The van der Waals surface area contributed by atoms with Gasteiger partial charge in [0, 0.05) is 39.4 Å². The first-order chi connectivity index (χ1) is 13.1. The first kappa shape index (κ1) is 27.1. The molecule has 0 bridgehead atoms. The van der Waals surface area contributed by atoms with Gasteiger partial charge in [0.2, 0.25) is 10.0 Å². The quantitative estimate of drug-likeness (QED) is 0.150. The van der Waals surface area contributed by atoms with Crippen LogP contribution in [0.5, 0.6) is 0 Å². The third-order valence-electron chi connectivity index (χ3n) is 3.71. The lowest BCUT2D eigenvalue weighted by molar-refractivity contribution is 0.130. The summed E-state index contributed by atoms with van der Waals surface area (Å²) in [5.41, 5.74) is 0.935. The number of halogens is 1. The normalized spacial score (nSPS) is 11.7. The summed E-state index contributed by atoms with van der Waals surface area (Å²) in [6.45, 7) is 7.56. The molecule has 0 aliphatic carbocycles. The molecule has 0 aliphatic heterocycles. The van der Waals surface area contributed by atoms with Crippen LogP contribution in [0.4, 0.5) is 0 Å². The molecule has 7 nitrogen and oxygen atoms in total. The van der Waals surface area contributed by atoms with Gasteiger partial charge in [0.1, 0.15) is 0 Å². The van der Waals surface area contributed by atoms with E-state index in [0.29, 0.717) is 32.2 Å². The summed E-state index contributed by atoms with van der Waals surface area (Å²) < 4.78 is 32.3. The predicted molar refractivity (Wildman–Crippen MR) is 127 cm³/mol. The molecule has 1 rings (SSSR count). The number of hydrogen-bond acceptors (Lipinski definition) is 4. The molecule has 0 fully saturated rings. The van der Waals surface area contributed by atoms with Crippen LogP contribution in [-0.2, 0) is 21.3 Å². The molecule has 0 aromatic heterocycles. The minimum absolute atomic E-state index is 0. The van der Waals surface area contributed by atoms with Gasteiger partial charge < -0.3 is 15.4 Å². The number of sulfonamides is 1. The Bertz CT molecular complexity index is 627. The molecule has 0 radical (unpaired) electrons. The Kier molecular flexibility index (Phi) is 16.4. The Morgan fingerprint density at radius 3 is 2.46 bits per heavy atom. The second-order valence-corrected chi connectivity index (χ2v) is 8.06. The number of rotatable bonds is 14. The maximum Gasteiger partial charge on any atom is 0.213 e. The summed E-state index contributed by atoms with van der Waals surface area (Å²) >= 11 is 0. The summed E-state index contributed by atoms with van der Waals surface area (Å²) in [6, 6.07) is 9.46. The SMILES string of the molecule is CCCCOCCCN=C(NCC)NCCS(=O)(=O)NCc1ccccc1.I. The molecule has 162 valence electrons. The third-order valence-corrected chi connectivity index (χ3v) is 5.03. The van der Waals surface area contributed by atoms with Gasteiger partial charge in [-0.05, 0) is 25.3 Å². The van der Waals surface area contributed by atoms with Crippen molar-refractivity contribution in [2.24, 2.45) is 4.99 Å². The van der Waals surface area contributed by atoms with Gasteiger partial charge in [0.25, 0.3) is 0 Å². The van der Waals surface area contributed by atoms with Crippen molar-refractivity contribution in [3.8, 4) is 0 Å². The van der Waals surface area contributed by atoms with Crippen molar-refractivity contribution < 1.29 is 13.2 Å². The van der Waals surface area contributed by atoms with E-state index in [1.165, 1.54) is 0 Å². The van der Waals surface area contributed by atoms with E-state index in [1.54, 1.807) is 0 Å². The molecule has 28 heavy (non-hydrogen) atoms. The van der Waals surface area contributed by atoms with Gasteiger partial charge in [-0.1, -0.05) is 43.7 Å². The highest BCUT2D eigenvalue weighted by atomic mass is 127. The van der Waals surface area contributed by atoms with E-state index in [-0.39, 0.29) is 29.7 Å². The number of benzene rings is 1. The number of nitrogens with one attached hydrogen (secondary N) is 3. The average molecular weight is 526 g/mol. The highest BCUT2D eigenvalue weighted by Gasteiger charge is 2.10. The van der Waals surface area contributed by atoms with Crippen LogP contribution in [0.15, 0.2) is 35.3 Å². The predicted octanol–water partition coefficient (Wildman–Crippen LogP) is 2.49. The lowest BCUT2D eigenvalue weighted by atomic mass is 10.2. The van der Waals surface area contributed by atoms with Gasteiger partial charge in [-0.15, -0.1) is 24.0 Å². The molecule has 9 heteroatoms. The number of nitrogens with zero attached hydrogens (tertiary/aromatic N) is 1. The van der Waals surface area contributed by atoms with E-state index in [4.69, 9.17) is 4.74 Å². The van der Waals surface area contributed by atoms with E-state index < -0.39 is 10.0 Å². The Hall–Kier alpha value is -0.910. The molecule has 0 heterocycles. The van der Waals surface area contributed by atoms with Gasteiger partial charge >= 0.3 is 0 Å². The van der Waals surface area contributed by atoms with E-state index in [2.05, 4.69) is 27.3 Å². The van der Waals surface area contributed by atoms with Crippen LogP contribution in [0.3, 0.4) is 0 Å². The van der Waals surface area contributed by atoms with Crippen molar-refractivity contribution >= 4 is 40.0 Å².